The van der Waals surface area contributed by atoms with E-state index in [0.717, 1.165) is 27.9 Å². The molecule has 0 fully saturated rings. The molecule has 1 aromatic heterocycles. The molecule has 3 rings (SSSR count). The summed E-state index contributed by atoms with van der Waals surface area (Å²) in [5.74, 6) is 0.0699. The Kier molecular flexibility index (Phi) is 6.65. The fraction of sp³-hybridized carbons (Fsp3) is 0.200. The molecule has 0 saturated heterocycles. The molecule has 0 bridgehead atoms. The number of aryl methyl sites for hydroxylation is 4. The van der Waals surface area contributed by atoms with Crippen LogP contribution in [-0.4, -0.2) is 15.2 Å². The van der Waals surface area contributed by atoms with E-state index in [4.69, 9.17) is 12.2 Å². The van der Waals surface area contributed by atoms with Crippen molar-refractivity contribution >= 4 is 34.3 Å². The standard InChI is InChI=1S/C25H26N2O2S/c1-16-7-10-22(19(4)12-16)26-25(30)23(27-11-5-6-20(14-27)15-28)24(29)21-9-8-17(2)18(3)13-21/h5-14,28H,15H2,1-4H3,(H-,26,29,30)/p+1. The molecule has 0 saturated carbocycles. The molecular weight excluding hydrogens is 392 g/mol. The number of rotatable bonds is 5. The zero-order valence-corrected chi connectivity index (χ0v) is 18.5. The maximum absolute atomic E-state index is 11.2. The van der Waals surface area contributed by atoms with Crippen molar-refractivity contribution in [2.75, 3.05) is 5.32 Å². The molecule has 4 nitrogen and oxygen atoms in total. The first kappa shape index (κ1) is 21.7. The van der Waals surface area contributed by atoms with Crippen LogP contribution in [0.25, 0.3) is 11.5 Å². The summed E-state index contributed by atoms with van der Waals surface area (Å²) in [5, 5.41) is 24.1. The zero-order valence-electron chi connectivity index (χ0n) is 17.7. The van der Waals surface area contributed by atoms with E-state index in [0.29, 0.717) is 16.2 Å². The highest BCUT2D eigenvalue weighted by Gasteiger charge is 2.25. The second-order valence-electron chi connectivity index (χ2n) is 7.55. The minimum Gasteiger partial charge on any atom is -0.502 e. The summed E-state index contributed by atoms with van der Waals surface area (Å²) >= 11 is 5.73. The Morgan fingerprint density at radius 2 is 1.73 bits per heavy atom. The molecule has 0 amide bonds. The molecule has 0 spiro atoms. The summed E-state index contributed by atoms with van der Waals surface area (Å²) in [6.45, 7) is 8.01. The highest BCUT2D eigenvalue weighted by Crippen LogP contribution is 2.23. The van der Waals surface area contributed by atoms with E-state index in [1.165, 1.54) is 5.56 Å². The third-order valence-electron chi connectivity index (χ3n) is 5.15. The fourth-order valence-electron chi connectivity index (χ4n) is 3.26. The third-order valence-corrected chi connectivity index (χ3v) is 5.45. The van der Waals surface area contributed by atoms with Crippen LogP contribution in [0.5, 0.6) is 0 Å². The normalized spacial score (nSPS) is 11.8. The summed E-state index contributed by atoms with van der Waals surface area (Å²) in [5.41, 5.74) is 7.20. The van der Waals surface area contributed by atoms with Crippen LogP contribution in [-0.2, 0) is 6.61 Å². The lowest BCUT2D eigenvalue weighted by molar-refractivity contribution is -0.576. The molecule has 0 unspecified atom stereocenters. The van der Waals surface area contributed by atoms with Crippen molar-refractivity contribution in [3.63, 3.8) is 0 Å². The second-order valence-corrected chi connectivity index (χ2v) is 7.95. The number of thiocarbonyl (C=S) groups is 1. The molecule has 3 N–H and O–H groups in total. The quantitative estimate of drug-likeness (QED) is 0.235. The van der Waals surface area contributed by atoms with E-state index in [9.17, 15) is 10.2 Å². The van der Waals surface area contributed by atoms with Crippen LogP contribution >= 0.6 is 12.2 Å². The number of pyridine rings is 1. The first-order valence-corrected chi connectivity index (χ1v) is 10.2. The largest absolute Gasteiger partial charge is 0.502 e. The van der Waals surface area contributed by atoms with Crippen LogP contribution < -0.4 is 9.88 Å². The number of anilines is 1. The number of aliphatic hydroxyl groups excluding tert-OH is 2. The van der Waals surface area contributed by atoms with E-state index in [1.807, 2.05) is 76.4 Å². The summed E-state index contributed by atoms with van der Waals surface area (Å²) in [6.07, 6.45) is 3.57. The maximum atomic E-state index is 11.2. The van der Waals surface area contributed by atoms with E-state index >= 15 is 0 Å². The predicted molar refractivity (Wildman–Crippen MR) is 126 cm³/mol. The van der Waals surface area contributed by atoms with Crippen LogP contribution in [0.4, 0.5) is 5.69 Å². The van der Waals surface area contributed by atoms with Gasteiger partial charge in [-0.1, -0.05) is 42.0 Å². The first-order chi connectivity index (χ1) is 14.3. The third kappa shape index (κ3) is 4.75. The molecule has 3 aromatic rings. The molecule has 5 heteroatoms. The van der Waals surface area contributed by atoms with Gasteiger partial charge in [0.2, 0.25) is 0 Å². The Bertz CT molecular complexity index is 1140. The van der Waals surface area contributed by atoms with Gasteiger partial charge in [-0.05, 0) is 62.6 Å². The predicted octanol–water partition coefficient (Wildman–Crippen LogP) is 5.02. The van der Waals surface area contributed by atoms with Gasteiger partial charge in [-0.3, -0.25) is 0 Å². The van der Waals surface area contributed by atoms with Crippen LogP contribution in [0.2, 0.25) is 0 Å². The number of hydrogen-bond donors (Lipinski definition) is 3. The minimum absolute atomic E-state index is 0.0699. The van der Waals surface area contributed by atoms with Gasteiger partial charge in [0.1, 0.15) is 0 Å². The van der Waals surface area contributed by atoms with Gasteiger partial charge < -0.3 is 15.5 Å². The fourth-order valence-corrected chi connectivity index (χ4v) is 3.58. The highest BCUT2D eigenvalue weighted by atomic mass is 32.1. The zero-order chi connectivity index (χ0) is 21.8. The molecule has 0 aliphatic heterocycles. The summed E-state index contributed by atoms with van der Waals surface area (Å²) in [4.78, 5) is 0.387. The summed E-state index contributed by atoms with van der Waals surface area (Å²) in [7, 11) is 0. The SMILES string of the molecule is Cc1ccc(NC(=S)/C(=C(\O)c2ccc(C)c(C)c2)[n+]2cccc(CO)c2)c(C)c1. The lowest BCUT2D eigenvalue weighted by atomic mass is 10.0. The smallest absolute Gasteiger partial charge is 0.288 e. The Morgan fingerprint density at radius 1 is 0.967 bits per heavy atom. The minimum atomic E-state index is -0.101. The van der Waals surface area contributed by atoms with Gasteiger partial charge in [-0.2, -0.15) is 4.57 Å². The average Bonchev–Trinajstić information content (AvgIpc) is 2.72. The van der Waals surface area contributed by atoms with Gasteiger partial charge in [0.15, 0.2) is 23.1 Å². The number of aromatic nitrogens is 1. The molecule has 30 heavy (non-hydrogen) atoms. The maximum Gasteiger partial charge on any atom is 0.288 e. The Labute approximate surface area is 183 Å². The summed E-state index contributed by atoms with van der Waals surface area (Å²) < 4.78 is 1.74. The van der Waals surface area contributed by atoms with Crippen LogP contribution in [0.15, 0.2) is 60.9 Å². The van der Waals surface area contributed by atoms with E-state index < -0.39 is 0 Å². The lowest BCUT2D eigenvalue weighted by Gasteiger charge is -2.13. The van der Waals surface area contributed by atoms with Crippen molar-refractivity contribution in [1.82, 2.24) is 0 Å². The number of nitrogens with one attached hydrogen (secondary N) is 1. The molecular formula is C25H27N2O2S+. The Morgan fingerprint density at radius 3 is 2.40 bits per heavy atom. The topological polar surface area (TPSA) is 56.4 Å². The van der Waals surface area contributed by atoms with Crippen LogP contribution in [0.3, 0.4) is 0 Å². The number of nitrogens with zero attached hydrogens (tertiary/aromatic N) is 1. The van der Waals surface area contributed by atoms with Crippen molar-refractivity contribution in [3.05, 3.63) is 94.3 Å². The molecule has 0 radical (unpaired) electrons. The van der Waals surface area contributed by atoms with Gasteiger partial charge in [0.25, 0.3) is 5.70 Å². The van der Waals surface area contributed by atoms with Crippen molar-refractivity contribution in [3.8, 4) is 0 Å². The molecule has 2 aromatic carbocycles. The van der Waals surface area contributed by atoms with Gasteiger partial charge in [0, 0.05) is 22.9 Å². The average molecular weight is 420 g/mol. The molecule has 154 valence electrons. The van der Waals surface area contributed by atoms with Crippen molar-refractivity contribution < 1.29 is 14.8 Å². The highest BCUT2D eigenvalue weighted by molar-refractivity contribution is 7.81. The Balaban J connectivity index is 2.13. The van der Waals surface area contributed by atoms with E-state index in [1.54, 1.807) is 10.8 Å². The van der Waals surface area contributed by atoms with E-state index in [-0.39, 0.29) is 12.4 Å². The second kappa shape index (κ2) is 9.20. The van der Waals surface area contributed by atoms with Crippen LogP contribution in [0, 0.1) is 27.7 Å². The molecule has 0 aliphatic rings. The van der Waals surface area contributed by atoms with Crippen molar-refractivity contribution in [2.24, 2.45) is 0 Å². The number of hydrogen-bond acceptors (Lipinski definition) is 3. The number of aliphatic hydroxyl groups is 2. The van der Waals surface area contributed by atoms with Crippen molar-refractivity contribution in [1.29, 1.82) is 0 Å². The van der Waals surface area contributed by atoms with Gasteiger partial charge in [-0.15, -0.1) is 0 Å². The van der Waals surface area contributed by atoms with Gasteiger partial charge >= 0.3 is 0 Å². The monoisotopic (exact) mass is 419 g/mol. The molecule has 0 aliphatic carbocycles. The van der Waals surface area contributed by atoms with Gasteiger partial charge in [-0.25, -0.2) is 0 Å². The lowest BCUT2D eigenvalue weighted by Crippen LogP contribution is -2.39. The molecule has 1 heterocycles. The first-order valence-electron chi connectivity index (χ1n) is 9.81. The van der Waals surface area contributed by atoms with Crippen molar-refractivity contribution in [2.45, 2.75) is 34.3 Å². The van der Waals surface area contributed by atoms with E-state index in [2.05, 4.69) is 11.4 Å². The Hall–Kier alpha value is -3.02. The summed E-state index contributed by atoms with van der Waals surface area (Å²) in [6, 6.07) is 15.5. The molecule has 0 atom stereocenters. The van der Waals surface area contributed by atoms with Crippen LogP contribution in [0.1, 0.15) is 33.4 Å². The number of benzene rings is 2. The van der Waals surface area contributed by atoms with Gasteiger partial charge in [0.05, 0.1) is 6.61 Å².